The molecule has 1 aromatic heterocycles. The van der Waals surface area contributed by atoms with E-state index in [9.17, 15) is 17.3 Å². The maximum absolute atomic E-state index is 9.75. The second-order valence-corrected chi connectivity index (χ2v) is 3.50. The Labute approximate surface area is 96.6 Å². The van der Waals surface area contributed by atoms with E-state index in [1.54, 1.807) is 0 Å². The van der Waals surface area contributed by atoms with Crippen LogP contribution in [-0.4, -0.2) is 11.8 Å². The summed E-state index contributed by atoms with van der Waals surface area (Å²) in [5.41, 5.74) is 2.60. The van der Waals surface area contributed by atoms with Gasteiger partial charge in [0.25, 0.3) is 0 Å². The number of rotatable bonds is 1. The van der Waals surface area contributed by atoms with Crippen molar-refractivity contribution in [2.45, 2.75) is 13.5 Å². The zero-order valence-corrected chi connectivity index (χ0v) is 9.58. The van der Waals surface area contributed by atoms with Crippen molar-refractivity contribution < 1.29 is 21.8 Å². The standard InChI is InChI=1S/C10H13N2.BF4/c1-3-12-8-11(2)9-6-4-5-7-10(9)12;2-1(3,4)5/h4-8H,3H2,1-2H3;/q+1;-1. The molecule has 2 rings (SSSR count). The lowest BCUT2D eigenvalue weighted by Crippen LogP contribution is -2.25. The molecule has 0 aliphatic rings. The van der Waals surface area contributed by atoms with Crippen LogP contribution in [0.25, 0.3) is 11.0 Å². The zero-order valence-electron chi connectivity index (χ0n) is 9.58. The highest BCUT2D eigenvalue weighted by Gasteiger charge is 2.20. The van der Waals surface area contributed by atoms with Crippen LogP contribution in [0, 0.1) is 0 Å². The predicted octanol–water partition coefficient (Wildman–Crippen LogP) is 2.79. The Balaban J connectivity index is 0.000000249. The molecule has 0 aliphatic heterocycles. The molecule has 0 saturated heterocycles. The summed E-state index contributed by atoms with van der Waals surface area (Å²) in [5, 5.41) is 0. The van der Waals surface area contributed by atoms with Crippen LogP contribution >= 0.6 is 0 Å². The number of imidazole rings is 1. The number of nitrogens with zero attached hydrogens (tertiary/aromatic N) is 2. The van der Waals surface area contributed by atoms with Crippen molar-refractivity contribution in [3.63, 3.8) is 0 Å². The van der Waals surface area contributed by atoms with Crippen LogP contribution in [0.4, 0.5) is 17.3 Å². The topological polar surface area (TPSA) is 8.81 Å². The minimum atomic E-state index is -6.00. The second-order valence-electron chi connectivity index (χ2n) is 3.50. The van der Waals surface area contributed by atoms with Crippen molar-refractivity contribution in [2.24, 2.45) is 7.05 Å². The fourth-order valence-electron chi connectivity index (χ4n) is 1.59. The fourth-order valence-corrected chi connectivity index (χ4v) is 1.59. The van der Waals surface area contributed by atoms with Gasteiger partial charge in [-0.3, -0.25) is 0 Å². The number of para-hydroxylation sites is 2. The minimum absolute atomic E-state index is 1.03. The second kappa shape index (κ2) is 5.20. The van der Waals surface area contributed by atoms with Gasteiger partial charge in [0, 0.05) is 0 Å². The van der Waals surface area contributed by atoms with Gasteiger partial charge in [-0.25, -0.2) is 9.13 Å². The van der Waals surface area contributed by atoms with E-state index in [1.165, 1.54) is 11.0 Å². The van der Waals surface area contributed by atoms with Gasteiger partial charge in [0.2, 0.25) is 6.33 Å². The highest BCUT2D eigenvalue weighted by Crippen LogP contribution is 2.09. The third-order valence-electron chi connectivity index (χ3n) is 2.22. The molecule has 1 heterocycles. The molecule has 0 aliphatic carbocycles. The minimum Gasteiger partial charge on any atom is -0.418 e. The monoisotopic (exact) mass is 248 g/mol. The van der Waals surface area contributed by atoms with Crippen LogP contribution in [-0.2, 0) is 13.6 Å². The SMILES string of the molecule is CCn1c[n+](C)c2ccccc21.F[B-](F)(F)F. The van der Waals surface area contributed by atoms with Crippen molar-refractivity contribution in [1.29, 1.82) is 0 Å². The molecular formula is C10H13BF4N2. The fraction of sp³-hybridized carbons (Fsp3) is 0.300. The number of benzene rings is 1. The highest BCUT2D eigenvalue weighted by molar-refractivity contribution is 6.50. The largest absolute Gasteiger partial charge is 0.673 e. The van der Waals surface area contributed by atoms with Crippen molar-refractivity contribution in [3.8, 4) is 0 Å². The quantitative estimate of drug-likeness (QED) is 0.417. The normalized spacial score (nSPS) is 11.2. The van der Waals surface area contributed by atoms with E-state index < -0.39 is 7.25 Å². The van der Waals surface area contributed by atoms with Gasteiger partial charge in [-0.1, -0.05) is 12.1 Å². The molecule has 0 fully saturated rings. The molecular weight excluding hydrogens is 235 g/mol. The van der Waals surface area contributed by atoms with Crippen molar-refractivity contribution in [3.05, 3.63) is 30.6 Å². The molecule has 7 heteroatoms. The molecule has 0 radical (unpaired) electrons. The Morgan fingerprint density at radius 3 is 2.24 bits per heavy atom. The van der Waals surface area contributed by atoms with E-state index in [1.807, 2.05) is 0 Å². The summed E-state index contributed by atoms with van der Waals surface area (Å²) in [5.74, 6) is 0. The molecule has 0 atom stereocenters. The van der Waals surface area contributed by atoms with Crippen molar-refractivity contribution in [2.75, 3.05) is 0 Å². The highest BCUT2D eigenvalue weighted by atomic mass is 19.5. The number of fused-ring (bicyclic) bond motifs is 1. The van der Waals surface area contributed by atoms with Crippen molar-refractivity contribution >= 4 is 18.3 Å². The third-order valence-corrected chi connectivity index (χ3v) is 2.22. The molecule has 94 valence electrons. The molecule has 17 heavy (non-hydrogen) atoms. The van der Waals surface area contributed by atoms with E-state index in [2.05, 4.69) is 53.7 Å². The first kappa shape index (κ1) is 13.5. The summed E-state index contributed by atoms with van der Waals surface area (Å²) in [6.45, 7) is 3.19. The lowest BCUT2D eigenvalue weighted by Gasteiger charge is -1.94. The van der Waals surface area contributed by atoms with Crippen molar-refractivity contribution in [1.82, 2.24) is 4.57 Å². The molecule has 0 bridgehead atoms. The van der Waals surface area contributed by atoms with Crippen LogP contribution in [0.1, 0.15) is 6.92 Å². The first-order valence-electron chi connectivity index (χ1n) is 5.13. The Hall–Kier alpha value is -1.53. The third kappa shape index (κ3) is 4.09. The summed E-state index contributed by atoms with van der Waals surface area (Å²) < 4.78 is 43.4. The van der Waals surface area contributed by atoms with E-state index in [-0.39, 0.29) is 0 Å². The average Bonchev–Trinajstić information content (AvgIpc) is 2.54. The first-order chi connectivity index (χ1) is 7.83. The Kier molecular flexibility index (Phi) is 4.14. The predicted molar refractivity (Wildman–Crippen MR) is 59.0 cm³/mol. The average molecular weight is 248 g/mol. The van der Waals surface area contributed by atoms with Crippen LogP contribution in [0.2, 0.25) is 0 Å². The Morgan fingerprint density at radius 2 is 1.71 bits per heavy atom. The maximum atomic E-state index is 9.75. The van der Waals surface area contributed by atoms with Crippen LogP contribution < -0.4 is 4.57 Å². The van der Waals surface area contributed by atoms with Gasteiger partial charge in [0.05, 0.1) is 13.6 Å². The van der Waals surface area contributed by atoms with Gasteiger partial charge >= 0.3 is 7.25 Å². The smallest absolute Gasteiger partial charge is 0.418 e. The lowest BCUT2D eigenvalue weighted by atomic mass is 10.3. The first-order valence-corrected chi connectivity index (χ1v) is 5.13. The molecule has 2 aromatic rings. The molecule has 0 saturated carbocycles. The summed E-state index contributed by atoms with van der Waals surface area (Å²) in [7, 11) is -3.92. The maximum Gasteiger partial charge on any atom is 0.673 e. The molecule has 2 nitrogen and oxygen atoms in total. The van der Waals surface area contributed by atoms with E-state index in [0.717, 1.165) is 6.54 Å². The van der Waals surface area contributed by atoms with Gasteiger partial charge < -0.3 is 17.3 Å². The Bertz CT molecular complexity index is 487. The molecule has 0 amide bonds. The van der Waals surface area contributed by atoms with Gasteiger partial charge in [0.1, 0.15) is 0 Å². The summed E-state index contributed by atoms with van der Waals surface area (Å²) in [4.78, 5) is 0. The summed E-state index contributed by atoms with van der Waals surface area (Å²) in [6.07, 6.45) is 2.13. The number of hydrogen-bond donors (Lipinski definition) is 0. The van der Waals surface area contributed by atoms with Crippen LogP contribution in [0.5, 0.6) is 0 Å². The zero-order chi connectivity index (χ0) is 13.1. The number of aromatic nitrogens is 2. The van der Waals surface area contributed by atoms with Crippen LogP contribution in [0.3, 0.4) is 0 Å². The molecule has 0 unspecified atom stereocenters. The van der Waals surface area contributed by atoms with E-state index >= 15 is 0 Å². The number of aryl methyl sites for hydroxylation is 2. The van der Waals surface area contributed by atoms with Gasteiger partial charge in [-0.2, -0.15) is 0 Å². The van der Waals surface area contributed by atoms with Crippen LogP contribution in [0.15, 0.2) is 30.6 Å². The number of halogens is 4. The summed E-state index contributed by atoms with van der Waals surface area (Å²) >= 11 is 0. The molecule has 1 aromatic carbocycles. The lowest BCUT2D eigenvalue weighted by molar-refractivity contribution is -0.645. The van der Waals surface area contributed by atoms with E-state index in [0.29, 0.717) is 0 Å². The van der Waals surface area contributed by atoms with Gasteiger partial charge in [-0.05, 0) is 19.1 Å². The number of hydrogen-bond acceptors (Lipinski definition) is 0. The van der Waals surface area contributed by atoms with E-state index in [4.69, 9.17) is 0 Å². The summed E-state index contributed by atoms with van der Waals surface area (Å²) in [6, 6.07) is 8.44. The molecule has 0 N–H and O–H groups in total. The Morgan fingerprint density at radius 1 is 1.18 bits per heavy atom. The van der Waals surface area contributed by atoms with Gasteiger partial charge in [0.15, 0.2) is 11.0 Å². The molecule has 0 spiro atoms. The van der Waals surface area contributed by atoms with Gasteiger partial charge in [-0.15, -0.1) is 0 Å².